The second-order valence-corrected chi connectivity index (χ2v) is 9.02. The van der Waals surface area contributed by atoms with Gasteiger partial charge in [0.05, 0.1) is 10.6 Å². The van der Waals surface area contributed by atoms with Crippen LogP contribution in [-0.4, -0.2) is 25.8 Å². The predicted octanol–water partition coefficient (Wildman–Crippen LogP) is 3.69. The van der Waals surface area contributed by atoms with Crippen LogP contribution >= 0.6 is 0 Å². The maximum absolute atomic E-state index is 11.9. The molecule has 1 aromatic heterocycles. The highest BCUT2D eigenvalue weighted by Gasteiger charge is 2.25. The van der Waals surface area contributed by atoms with E-state index in [9.17, 15) is 14.7 Å². The average molecular weight is 388 g/mol. The number of nitrogen functional groups attached to an aromatic ring is 1. The number of nitrogens with zero attached hydrogens (tertiary/aromatic N) is 2. The van der Waals surface area contributed by atoms with Gasteiger partial charge in [-0.25, -0.2) is 0 Å². The smallest absolute Gasteiger partial charge is 0.271 e. The van der Waals surface area contributed by atoms with E-state index in [1.807, 2.05) is 45.1 Å². The van der Waals surface area contributed by atoms with Crippen LogP contribution in [0.5, 0.6) is 0 Å². The highest BCUT2D eigenvalue weighted by molar-refractivity contribution is 7.90. The third-order valence-corrected chi connectivity index (χ3v) is 5.31. The number of nitrogens with two attached hydrogens (primary N) is 1. The molecule has 0 aliphatic carbocycles. The van der Waals surface area contributed by atoms with Crippen LogP contribution in [0.4, 0.5) is 11.4 Å². The van der Waals surface area contributed by atoms with Gasteiger partial charge in [-0.3, -0.25) is 15.1 Å². The van der Waals surface area contributed by atoms with E-state index >= 15 is 0 Å². The molecular weight excluding hydrogens is 364 g/mol. The molecule has 27 heavy (non-hydrogen) atoms. The van der Waals surface area contributed by atoms with Gasteiger partial charge in [-0.15, -0.1) is 4.72 Å². The SMILES string of the molecule is CC(C)(C)[S@+]([O-])NCCC=Cc1cc(-c2ccc([N+](=O)[O-])cc2N)ccn1. The van der Waals surface area contributed by atoms with E-state index < -0.39 is 16.3 Å². The highest BCUT2D eigenvalue weighted by atomic mass is 32.2. The Balaban J connectivity index is 2.02. The minimum Gasteiger partial charge on any atom is -0.598 e. The maximum atomic E-state index is 11.9. The molecule has 0 saturated heterocycles. The molecular formula is C19H24N4O3S. The van der Waals surface area contributed by atoms with Gasteiger partial charge in [-0.1, -0.05) is 6.08 Å². The van der Waals surface area contributed by atoms with Crippen LogP contribution in [0, 0.1) is 10.1 Å². The van der Waals surface area contributed by atoms with Gasteiger partial charge in [0, 0.05) is 47.5 Å². The molecule has 0 spiro atoms. The zero-order chi connectivity index (χ0) is 20.0. The first-order valence-electron chi connectivity index (χ1n) is 8.51. The Labute approximate surface area is 162 Å². The second-order valence-electron chi connectivity index (χ2n) is 6.96. The first-order chi connectivity index (χ1) is 12.7. The summed E-state index contributed by atoms with van der Waals surface area (Å²) in [7, 11) is 0. The van der Waals surface area contributed by atoms with Gasteiger partial charge in [0.25, 0.3) is 5.69 Å². The lowest BCUT2D eigenvalue weighted by molar-refractivity contribution is -0.384. The number of benzene rings is 1. The Hall–Kier alpha value is -2.42. The molecule has 0 bridgehead atoms. The Morgan fingerprint density at radius 2 is 2.04 bits per heavy atom. The van der Waals surface area contributed by atoms with Gasteiger partial charge >= 0.3 is 0 Å². The number of anilines is 1. The molecule has 3 N–H and O–H groups in total. The van der Waals surface area contributed by atoms with Crippen molar-refractivity contribution in [3.8, 4) is 11.1 Å². The fourth-order valence-corrected chi connectivity index (χ4v) is 3.03. The van der Waals surface area contributed by atoms with Crippen molar-refractivity contribution in [2.24, 2.45) is 0 Å². The average Bonchev–Trinajstić information content (AvgIpc) is 2.60. The van der Waals surface area contributed by atoms with E-state index in [4.69, 9.17) is 5.73 Å². The molecule has 1 atom stereocenters. The van der Waals surface area contributed by atoms with Crippen molar-refractivity contribution in [1.29, 1.82) is 0 Å². The largest absolute Gasteiger partial charge is 0.598 e. The molecule has 8 heteroatoms. The first kappa shape index (κ1) is 20.9. The molecule has 2 rings (SSSR count). The van der Waals surface area contributed by atoms with Gasteiger partial charge in [0.2, 0.25) is 0 Å². The Kier molecular flexibility index (Phi) is 6.95. The summed E-state index contributed by atoms with van der Waals surface area (Å²) in [6, 6.07) is 8.11. The molecule has 144 valence electrons. The fourth-order valence-electron chi connectivity index (χ4n) is 2.29. The predicted molar refractivity (Wildman–Crippen MR) is 110 cm³/mol. The van der Waals surface area contributed by atoms with E-state index in [2.05, 4.69) is 9.71 Å². The minimum atomic E-state index is -1.08. The molecule has 0 aliphatic heterocycles. The summed E-state index contributed by atoms with van der Waals surface area (Å²) in [4.78, 5) is 14.7. The molecule has 0 unspecified atom stereocenters. The summed E-state index contributed by atoms with van der Waals surface area (Å²) in [5.41, 5.74) is 8.59. The summed E-state index contributed by atoms with van der Waals surface area (Å²) in [5.74, 6) is 0. The molecule has 0 fully saturated rings. The lowest BCUT2D eigenvalue weighted by Gasteiger charge is -2.23. The molecule has 0 aliphatic rings. The third-order valence-electron chi connectivity index (χ3n) is 3.73. The summed E-state index contributed by atoms with van der Waals surface area (Å²) < 4.78 is 14.6. The molecule has 1 aromatic carbocycles. The van der Waals surface area contributed by atoms with Crippen LogP contribution in [0.3, 0.4) is 0 Å². The van der Waals surface area contributed by atoms with Crippen molar-refractivity contribution in [1.82, 2.24) is 9.71 Å². The van der Waals surface area contributed by atoms with E-state index in [-0.39, 0.29) is 10.4 Å². The lowest BCUT2D eigenvalue weighted by Crippen LogP contribution is -2.39. The number of pyridine rings is 1. The molecule has 0 amide bonds. The lowest BCUT2D eigenvalue weighted by atomic mass is 10.0. The normalized spacial score (nSPS) is 13.0. The third kappa shape index (κ3) is 6.06. The number of hydrogen-bond acceptors (Lipinski definition) is 6. The Morgan fingerprint density at radius 1 is 1.30 bits per heavy atom. The van der Waals surface area contributed by atoms with E-state index in [1.54, 1.807) is 12.3 Å². The van der Waals surface area contributed by atoms with Crippen LogP contribution in [0.2, 0.25) is 0 Å². The number of hydrogen-bond donors (Lipinski definition) is 2. The van der Waals surface area contributed by atoms with Gasteiger partial charge in [0.1, 0.15) is 4.75 Å². The topological polar surface area (TPSA) is 117 Å². The van der Waals surface area contributed by atoms with Gasteiger partial charge in [-0.2, -0.15) is 0 Å². The van der Waals surface area contributed by atoms with Crippen molar-refractivity contribution in [3.05, 3.63) is 58.4 Å². The molecule has 0 saturated carbocycles. The quantitative estimate of drug-likeness (QED) is 0.246. The molecule has 2 aromatic rings. The van der Waals surface area contributed by atoms with Gasteiger partial charge < -0.3 is 10.3 Å². The second kappa shape index (κ2) is 8.98. The molecule has 7 nitrogen and oxygen atoms in total. The zero-order valence-electron chi connectivity index (χ0n) is 15.6. The summed E-state index contributed by atoms with van der Waals surface area (Å²) in [5, 5.41) is 10.8. The van der Waals surface area contributed by atoms with Crippen LogP contribution in [0.15, 0.2) is 42.6 Å². The zero-order valence-corrected chi connectivity index (χ0v) is 16.5. The van der Waals surface area contributed by atoms with Crippen LogP contribution in [0.1, 0.15) is 32.9 Å². The summed E-state index contributed by atoms with van der Waals surface area (Å²) in [6.07, 6.45) is 6.22. The van der Waals surface area contributed by atoms with E-state index in [0.29, 0.717) is 18.7 Å². The first-order valence-corrected chi connectivity index (χ1v) is 9.66. The molecule has 1 heterocycles. The van der Waals surface area contributed by atoms with Crippen molar-refractivity contribution in [3.63, 3.8) is 0 Å². The fraction of sp³-hybridized carbons (Fsp3) is 0.316. The maximum Gasteiger partial charge on any atom is 0.271 e. The van der Waals surface area contributed by atoms with Crippen LogP contribution < -0.4 is 10.5 Å². The summed E-state index contributed by atoms with van der Waals surface area (Å²) >= 11 is -1.08. The van der Waals surface area contributed by atoms with Crippen molar-refractivity contribution < 1.29 is 9.48 Å². The number of rotatable bonds is 7. The number of aromatic nitrogens is 1. The monoisotopic (exact) mass is 388 g/mol. The van der Waals surface area contributed by atoms with E-state index in [1.165, 1.54) is 12.1 Å². The molecule has 0 radical (unpaired) electrons. The van der Waals surface area contributed by atoms with Gasteiger partial charge in [-0.05, 0) is 57.0 Å². The highest BCUT2D eigenvalue weighted by Crippen LogP contribution is 2.29. The number of nitrogens with one attached hydrogen (secondary N) is 1. The van der Waals surface area contributed by atoms with E-state index in [0.717, 1.165) is 16.8 Å². The number of nitro benzene ring substituents is 1. The van der Waals surface area contributed by atoms with Crippen molar-refractivity contribution >= 4 is 28.8 Å². The van der Waals surface area contributed by atoms with Gasteiger partial charge in [0.15, 0.2) is 0 Å². The van der Waals surface area contributed by atoms with Crippen LogP contribution in [-0.2, 0) is 11.4 Å². The van der Waals surface area contributed by atoms with Crippen molar-refractivity contribution in [2.45, 2.75) is 31.9 Å². The van der Waals surface area contributed by atoms with Crippen molar-refractivity contribution in [2.75, 3.05) is 12.3 Å². The number of nitro groups is 1. The Bertz CT molecular complexity index is 834. The minimum absolute atomic E-state index is 0.0365. The van der Waals surface area contributed by atoms with Crippen LogP contribution in [0.25, 0.3) is 17.2 Å². The Morgan fingerprint density at radius 3 is 2.67 bits per heavy atom. The standard InChI is InChI=1S/C19H24N4O3S/c1-19(2,3)27(26)22-10-5-4-6-15-12-14(9-11-21-15)17-8-7-16(23(24)25)13-18(17)20/h4,6-9,11-13,22H,5,10,20H2,1-3H3/t27-/m0/s1. The number of non-ortho nitro benzene ring substituents is 1. The summed E-state index contributed by atoms with van der Waals surface area (Å²) in [6.45, 7) is 6.37.